The second kappa shape index (κ2) is 8.36. The molecule has 0 saturated carbocycles. The van der Waals surface area contributed by atoms with Gasteiger partial charge in [-0.15, -0.1) is 0 Å². The molecule has 3 nitrogen and oxygen atoms in total. The maximum Gasteiger partial charge on any atom is 0.330 e. The number of aliphatic hydroxyl groups is 1. The number of fused-ring (bicyclic) bond motifs is 9. The van der Waals surface area contributed by atoms with Crippen LogP contribution in [0.5, 0.6) is 0 Å². The van der Waals surface area contributed by atoms with Crippen LogP contribution in [0.1, 0.15) is 55.5 Å². The number of benzene rings is 4. The van der Waals surface area contributed by atoms with Crippen molar-refractivity contribution in [2.45, 2.75) is 54.1 Å². The summed E-state index contributed by atoms with van der Waals surface area (Å²) in [5, 5.41) is 20.4. The van der Waals surface area contributed by atoms with Gasteiger partial charge in [-0.1, -0.05) is 77.9 Å². The van der Waals surface area contributed by atoms with Gasteiger partial charge in [0.25, 0.3) is 0 Å². The van der Waals surface area contributed by atoms with Gasteiger partial charge in [0.15, 0.2) is 0 Å². The molecule has 4 aromatic carbocycles. The van der Waals surface area contributed by atoms with Gasteiger partial charge in [0, 0.05) is 9.79 Å². The van der Waals surface area contributed by atoms with Crippen LogP contribution in [-0.4, -0.2) is 23.8 Å². The van der Waals surface area contributed by atoms with Gasteiger partial charge in [0.1, 0.15) is 0 Å². The third-order valence-electron chi connectivity index (χ3n) is 8.06. The lowest BCUT2D eigenvalue weighted by molar-refractivity contribution is -0.0893. The monoisotopic (exact) mass is 500 g/mol. The zero-order valence-corrected chi connectivity index (χ0v) is 22.2. The number of nitriles is 1. The van der Waals surface area contributed by atoms with Crippen LogP contribution in [-0.2, 0) is 10.1 Å². The molecular formula is C32H27BNO2S. The molecule has 37 heavy (non-hydrogen) atoms. The standard InChI is InChI=1S/C32H27BNO2S/c1-30(2,35)31(3,4)36-33-21-14-16-23-22-15-13-20(19-34)17-26(22)32(27(23)18-21)24-9-5-7-11-28(24)37-29-12-8-6-10-25(29)32/h5-18,35H,1-4H3. The summed E-state index contributed by atoms with van der Waals surface area (Å²) < 4.78 is 6.15. The first-order valence-electron chi connectivity index (χ1n) is 12.5. The Kier molecular flexibility index (Phi) is 5.44. The summed E-state index contributed by atoms with van der Waals surface area (Å²) in [7, 11) is 1.75. The molecule has 1 heterocycles. The van der Waals surface area contributed by atoms with Crippen LogP contribution in [0.3, 0.4) is 0 Å². The topological polar surface area (TPSA) is 53.2 Å². The first-order chi connectivity index (χ1) is 17.7. The van der Waals surface area contributed by atoms with E-state index in [1.54, 1.807) is 33.1 Å². The van der Waals surface area contributed by atoms with Crippen molar-refractivity contribution in [1.29, 1.82) is 5.26 Å². The van der Waals surface area contributed by atoms with Gasteiger partial charge < -0.3 is 9.76 Å². The molecule has 0 aromatic heterocycles. The fraction of sp³-hybridized carbons (Fsp3) is 0.219. The van der Waals surface area contributed by atoms with Crippen molar-refractivity contribution in [3.8, 4) is 17.2 Å². The number of rotatable bonds is 4. The Balaban J connectivity index is 1.62. The minimum absolute atomic E-state index is 0.550. The summed E-state index contributed by atoms with van der Waals surface area (Å²) in [5.74, 6) is 0. The van der Waals surface area contributed by atoms with E-state index < -0.39 is 16.6 Å². The zero-order valence-electron chi connectivity index (χ0n) is 21.4. The van der Waals surface area contributed by atoms with E-state index in [-0.39, 0.29) is 0 Å². The average molecular weight is 500 g/mol. The maximum absolute atomic E-state index is 10.6. The van der Waals surface area contributed by atoms with Crippen molar-refractivity contribution in [2.75, 3.05) is 0 Å². The van der Waals surface area contributed by atoms with E-state index in [4.69, 9.17) is 4.65 Å². The highest BCUT2D eigenvalue weighted by atomic mass is 32.2. The van der Waals surface area contributed by atoms with Crippen molar-refractivity contribution >= 4 is 24.7 Å². The fourth-order valence-corrected chi connectivity index (χ4v) is 6.61. The Morgan fingerprint density at radius 3 is 1.95 bits per heavy atom. The number of hydrogen-bond donors (Lipinski definition) is 1. The van der Waals surface area contributed by atoms with Crippen molar-refractivity contribution in [1.82, 2.24) is 0 Å². The SMILES string of the molecule is CC(C)(O)C(C)(C)O[B]c1ccc2c(c1)C1(c3ccccc3Sc3ccccc31)c1cc(C#N)ccc1-2. The molecule has 0 fully saturated rings. The Morgan fingerprint density at radius 2 is 1.35 bits per heavy atom. The second-order valence-electron chi connectivity index (χ2n) is 10.8. The summed E-state index contributed by atoms with van der Waals surface area (Å²) in [6.07, 6.45) is 0. The first kappa shape index (κ1) is 24.1. The van der Waals surface area contributed by atoms with Gasteiger partial charge >= 0.3 is 7.48 Å². The van der Waals surface area contributed by atoms with Crippen LogP contribution in [0.25, 0.3) is 11.1 Å². The van der Waals surface area contributed by atoms with Gasteiger partial charge in [-0.2, -0.15) is 5.26 Å². The van der Waals surface area contributed by atoms with Crippen LogP contribution in [0.4, 0.5) is 0 Å². The quantitative estimate of drug-likeness (QED) is 0.293. The van der Waals surface area contributed by atoms with Crippen molar-refractivity contribution < 1.29 is 9.76 Å². The molecule has 2 aliphatic rings. The number of hydrogen-bond acceptors (Lipinski definition) is 4. The van der Waals surface area contributed by atoms with Gasteiger partial charge in [0.2, 0.25) is 0 Å². The maximum atomic E-state index is 10.6. The number of nitrogens with zero attached hydrogens (tertiary/aromatic N) is 1. The summed E-state index contributed by atoms with van der Waals surface area (Å²) in [6.45, 7) is 7.30. The zero-order chi connectivity index (χ0) is 26.0. The second-order valence-corrected chi connectivity index (χ2v) is 11.9. The van der Waals surface area contributed by atoms with E-state index in [0.717, 1.165) is 22.2 Å². The van der Waals surface area contributed by atoms with Crippen molar-refractivity contribution in [3.63, 3.8) is 0 Å². The molecule has 181 valence electrons. The minimum atomic E-state index is -1.01. The summed E-state index contributed by atoms with van der Waals surface area (Å²) in [5.41, 5.74) is 6.33. The van der Waals surface area contributed by atoms with Gasteiger partial charge in [-0.3, -0.25) is 0 Å². The lowest BCUT2D eigenvalue weighted by Gasteiger charge is -2.40. The molecule has 0 amide bonds. The Morgan fingerprint density at radius 1 is 0.784 bits per heavy atom. The highest BCUT2D eigenvalue weighted by Gasteiger charge is 2.50. The van der Waals surface area contributed by atoms with Crippen molar-refractivity contribution in [3.05, 3.63) is 113 Å². The van der Waals surface area contributed by atoms with E-state index in [9.17, 15) is 10.4 Å². The Hall–Kier alpha value is -3.30. The summed E-state index contributed by atoms with van der Waals surface area (Å²) in [6, 6.07) is 32.1. The highest BCUT2D eigenvalue weighted by Crippen LogP contribution is 2.61. The molecule has 4 aromatic rings. The third-order valence-corrected chi connectivity index (χ3v) is 9.21. The van der Waals surface area contributed by atoms with Crippen LogP contribution in [0, 0.1) is 11.3 Å². The predicted molar refractivity (Wildman–Crippen MR) is 149 cm³/mol. The minimum Gasteiger partial charge on any atom is -0.427 e. The molecule has 0 saturated heterocycles. The molecular weight excluding hydrogens is 473 g/mol. The van der Waals surface area contributed by atoms with Crippen LogP contribution in [0.2, 0.25) is 0 Å². The normalized spacial score (nSPS) is 14.8. The average Bonchev–Trinajstić information content (AvgIpc) is 3.16. The van der Waals surface area contributed by atoms with Crippen LogP contribution in [0.15, 0.2) is 94.7 Å². The predicted octanol–water partition coefficient (Wildman–Crippen LogP) is 6.20. The molecule has 1 N–H and O–H groups in total. The molecule has 1 aliphatic carbocycles. The third kappa shape index (κ3) is 3.51. The fourth-order valence-electron chi connectivity index (χ4n) is 5.42. The lowest BCUT2D eigenvalue weighted by Crippen LogP contribution is -2.49. The van der Waals surface area contributed by atoms with Gasteiger partial charge in [0.05, 0.1) is 28.2 Å². The summed E-state index contributed by atoms with van der Waals surface area (Å²) in [4.78, 5) is 2.44. The van der Waals surface area contributed by atoms with E-state index in [1.165, 1.54) is 26.5 Å². The van der Waals surface area contributed by atoms with E-state index in [2.05, 4.69) is 84.9 Å². The van der Waals surface area contributed by atoms with E-state index in [0.29, 0.717) is 5.56 Å². The molecule has 1 spiro atoms. The molecule has 0 bridgehead atoms. The first-order valence-corrected chi connectivity index (χ1v) is 13.3. The van der Waals surface area contributed by atoms with Gasteiger partial charge in [-0.25, -0.2) is 0 Å². The largest absolute Gasteiger partial charge is 0.427 e. The molecule has 6 rings (SSSR count). The molecule has 0 unspecified atom stereocenters. The lowest BCUT2D eigenvalue weighted by atomic mass is 9.66. The smallest absolute Gasteiger partial charge is 0.330 e. The van der Waals surface area contributed by atoms with Gasteiger partial charge in [-0.05, 0) is 85.3 Å². The van der Waals surface area contributed by atoms with Crippen LogP contribution < -0.4 is 5.46 Å². The van der Waals surface area contributed by atoms with Crippen molar-refractivity contribution in [2.24, 2.45) is 0 Å². The Labute approximate surface area is 223 Å². The van der Waals surface area contributed by atoms with Crippen LogP contribution >= 0.6 is 11.8 Å². The molecule has 5 heteroatoms. The molecule has 0 atom stereocenters. The van der Waals surface area contributed by atoms with E-state index >= 15 is 0 Å². The molecule has 1 aliphatic heterocycles. The molecule has 1 radical (unpaired) electrons. The Bertz CT molecular complexity index is 1550. The summed E-state index contributed by atoms with van der Waals surface area (Å²) >= 11 is 1.80. The highest BCUT2D eigenvalue weighted by molar-refractivity contribution is 7.99. The van der Waals surface area contributed by atoms with E-state index in [1.807, 2.05) is 19.9 Å².